The van der Waals surface area contributed by atoms with Crippen LogP contribution < -0.4 is 0 Å². The first-order valence-corrected chi connectivity index (χ1v) is 5.91. The molecule has 0 aliphatic carbocycles. The van der Waals surface area contributed by atoms with Gasteiger partial charge in [-0.05, 0) is 32.4 Å². The van der Waals surface area contributed by atoms with Crippen LogP contribution in [0.2, 0.25) is 0 Å². The van der Waals surface area contributed by atoms with E-state index in [1.54, 1.807) is 19.1 Å². The average Bonchev–Trinajstić information content (AvgIpc) is 2.37. The Labute approximate surface area is 114 Å². The molecule has 0 spiro atoms. The van der Waals surface area contributed by atoms with Crippen molar-refractivity contribution in [1.29, 1.82) is 0 Å². The predicted molar refractivity (Wildman–Crippen MR) is 77.6 cm³/mol. The second-order valence-electron chi connectivity index (χ2n) is 4.02. The van der Waals surface area contributed by atoms with Crippen molar-refractivity contribution in [2.75, 3.05) is 7.11 Å². The van der Waals surface area contributed by atoms with Gasteiger partial charge in [-0.25, -0.2) is 4.79 Å². The zero-order chi connectivity index (χ0) is 14.7. The Bertz CT molecular complexity index is 460. The summed E-state index contributed by atoms with van der Waals surface area (Å²) in [7, 11) is 1.36. The van der Waals surface area contributed by atoms with Gasteiger partial charge in [0.25, 0.3) is 0 Å². The third-order valence-electron chi connectivity index (χ3n) is 2.26. The third kappa shape index (κ3) is 8.55. The molecule has 0 rings (SSSR count). The molecule has 0 aliphatic heterocycles. The van der Waals surface area contributed by atoms with Crippen molar-refractivity contribution >= 4 is 12.3 Å². The fraction of sp³-hybridized carbons (Fsp3) is 0.250. The molecule has 0 amide bonds. The number of rotatable bonds is 6. The van der Waals surface area contributed by atoms with Crippen LogP contribution in [-0.2, 0) is 14.3 Å². The van der Waals surface area contributed by atoms with Crippen LogP contribution in [0.3, 0.4) is 0 Å². The number of allylic oxidation sites excluding steroid dienone is 9. The van der Waals surface area contributed by atoms with E-state index in [0.29, 0.717) is 5.57 Å². The Morgan fingerprint density at radius 2 is 1.42 bits per heavy atom. The zero-order valence-corrected chi connectivity index (χ0v) is 11.8. The van der Waals surface area contributed by atoms with Gasteiger partial charge in [0.05, 0.1) is 7.11 Å². The van der Waals surface area contributed by atoms with E-state index in [1.807, 2.05) is 38.2 Å². The van der Waals surface area contributed by atoms with Crippen LogP contribution in [0.15, 0.2) is 59.3 Å². The molecule has 0 aliphatic rings. The van der Waals surface area contributed by atoms with Crippen LogP contribution in [0.5, 0.6) is 0 Å². The first-order valence-electron chi connectivity index (χ1n) is 5.91. The summed E-state index contributed by atoms with van der Waals surface area (Å²) >= 11 is 0. The van der Waals surface area contributed by atoms with E-state index in [-0.39, 0.29) is 5.97 Å². The van der Waals surface area contributed by atoms with Crippen molar-refractivity contribution < 1.29 is 14.3 Å². The summed E-state index contributed by atoms with van der Waals surface area (Å²) in [6, 6.07) is 0. The Morgan fingerprint density at radius 1 is 0.895 bits per heavy atom. The molecule has 3 nitrogen and oxygen atoms in total. The molecule has 0 atom stereocenters. The Morgan fingerprint density at radius 3 is 1.95 bits per heavy atom. The Kier molecular flexibility index (Phi) is 8.71. The highest BCUT2D eigenvalue weighted by atomic mass is 16.5. The SMILES string of the molecule is COC(=O)/C(C)=C/C=C/C(C)=C/C=C/C(C)=C/C=O. The van der Waals surface area contributed by atoms with E-state index >= 15 is 0 Å². The molecular weight excluding hydrogens is 240 g/mol. The van der Waals surface area contributed by atoms with Crippen molar-refractivity contribution in [3.05, 3.63) is 59.3 Å². The summed E-state index contributed by atoms with van der Waals surface area (Å²) in [6.45, 7) is 5.50. The minimum Gasteiger partial charge on any atom is -0.466 e. The van der Waals surface area contributed by atoms with Gasteiger partial charge in [-0.3, -0.25) is 4.79 Å². The minimum absolute atomic E-state index is 0.333. The molecular formula is C16H20O3. The van der Waals surface area contributed by atoms with Gasteiger partial charge in [-0.1, -0.05) is 42.0 Å². The molecule has 3 heteroatoms. The zero-order valence-electron chi connectivity index (χ0n) is 11.8. The molecule has 0 radical (unpaired) electrons. The molecule has 0 saturated heterocycles. The maximum Gasteiger partial charge on any atom is 0.333 e. The van der Waals surface area contributed by atoms with Crippen molar-refractivity contribution in [2.45, 2.75) is 20.8 Å². The summed E-state index contributed by atoms with van der Waals surface area (Å²) in [6.07, 6.45) is 13.3. The minimum atomic E-state index is -0.333. The van der Waals surface area contributed by atoms with Crippen LogP contribution in [0, 0.1) is 0 Å². The molecule has 0 heterocycles. The van der Waals surface area contributed by atoms with Crippen LogP contribution in [-0.4, -0.2) is 19.4 Å². The quantitative estimate of drug-likeness (QED) is 0.318. The van der Waals surface area contributed by atoms with Gasteiger partial charge in [0, 0.05) is 5.57 Å². The highest BCUT2D eigenvalue weighted by Crippen LogP contribution is 2.01. The van der Waals surface area contributed by atoms with Gasteiger partial charge < -0.3 is 4.74 Å². The second kappa shape index (κ2) is 9.83. The van der Waals surface area contributed by atoms with Gasteiger partial charge in [0.1, 0.15) is 6.29 Å². The second-order valence-corrected chi connectivity index (χ2v) is 4.02. The summed E-state index contributed by atoms with van der Waals surface area (Å²) < 4.78 is 4.58. The molecule has 0 aromatic carbocycles. The highest BCUT2D eigenvalue weighted by molar-refractivity contribution is 5.87. The van der Waals surface area contributed by atoms with Crippen LogP contribution in [0.4, 0.5) is 0 Å². The largest absolute Gasteiger partial charge is 0.466 e. The van der Waals surface area contributed by atoms with Gasteiger partial charge in [0.2, 0.25) is 0 Å². The number of carbonyl (C=O) groups is 2. The maximum absolute atomic E-state index is 11.1. The lowest BCUT2D eigenvalue weighted by molar-refractivity contribution is -0.136. The molecule has 0 N–H and O–H groups in total. The lowest BCUT2D eigenvalue weighted by Crippen LogP contribution is -2.00. The highest BCUT2D eigenvalue weighted by Gasteiger charge is 1.99. The predicted octanol–water partition coefficient (Wildman–Crippen LogP) is 3.31. The van der Waals surface area contributed by atoms with Gasteiger partial charge in [0.15, 0.2) is 0 Å². The third-order valence-corrected chi connectivity index (χ3v) is 2.26. The van der Waals surface area contributed by atoms with Crippen molar-refractivity contribution in [2.24, 2.45) is 0 Å². The molecule has 0 aromatic heterocycles. The lowest BCUT2D eigenvalue weighted by atomic mass is 10.2. The van der Waals surface area contributed by atoms with Crippen molar-refractivity contribution in [1.82, 2.24) is 0 Å². The van der Waals surface area contributed by atoms with E-state index in [4.69, 9.17) is 0 Å². The molecule has 102 valence electrons. The van der Waals surface area contributed by atoms with Crippen LogP contribution in [0.1, 0.15) is 20.8 Å². The van der Waals surface area contributed by atoms with Crippen LogP contribution >= 0.6 is 0 Å². The fourth-order valence-electron chi connectivity index (χ4n) is 1.14. The Hall–Kier alpha value is -2.16. The molecule has 0 saturated carbocycles. The summed E-state index contributed by atoms with van der Waals surface area (Å²) in [5, 5.41) is 0. The van der Waals surface area contributed by atoms with E-state index in [0.717, 1.165) is 17.4 Å². The molecule has 0 aromatic rings. The lowest BCUT2D eigenvalue weighted by Gasteiger charge is -1.95. The molecule has 0 fully saturated rings. The number of hydrogen-bond donors (Lipinski definition) is 0. The molecule has 19 heavy (non-hydrogen) atoms. The summed E-state index contributed by atoms with van der Waals surface area (Å²) in [5.74, 6) is -0.333. The van der Waals surface area contributed by atoms with E-state index in [9.17, 15) is 9.59 Å². The number of ether oxygens (including phenoxy) is 1. The number of hydrogen-bond acceptors (Lipinski definition) is 3. The molecule has 0 bridgehead atoms. The molecule has 0 unspecified atom stereocenters. The van der Waals surface area contributed by atoms with E-state index in [2.05, 4.69) is 4.74 Å². The first kappa shape index (κ1) is 16.8. The number of esters is 1. The smallest absolute Gasteiger partial charge is 0.333 e. The van der Waals surface area contributed by atoms with Crippen molar-refractivity contribution in [3.63, 3.8) is 0 Å². The standard InChI is InChI=1S/C16H20O3/c1-13(7-5-8-14(2)11-12-17)9-6-10-15(3)16(18)19-4/h5-12H,1-4H3/b8-5+,9-6+,13-7+,14-11+,15-10+. The van der Waals surface area contributed by atoms with Crippen LogP contribution in [0.25, 0.3) is 0 Å². The Balaban J connectivity index is 4.53. The first-order chi connectivity index (χ1) is 9.01. The summed E-state index contributed by atoms with van der Waals surface area (Å²) in [4.78, 5) is 21.3. The fourth-order valence-corrected chi connectivity index (χ4v) is 1.14. The number of aldehydes is 1. The van der Waals surface area contributed by atoms with Gasteiger partial charge in [-0.15, -0.1) is 0 Å². The monoisotopic (exact) mass is 260 g/mol. The van der Waals surface area contributed by atoms with Gasteiger partial charge in [-0.2, -0.15) is 0 Å². The maximum atomic E-state index is 11.1. The van der Waals surface area contributed by atoms with E-state index in [1.165, 1.54) is 13.2 Å². The summed E-state index contributed by atoms with van der Waals surface area (Å²) in [5.41, 5.74) is 2.47. The normalized spacial score (nSPS) is 14.2. The number of carbonyl (C=O) groups excluding carboxylic acids is 2. The van der Waals surface area contributed by atoms with Gasteiger partial charge >= 0.3 is 5.97 Å². The number of methoxy groups -OCH3 is 1. The topological polar surface area (TPSA) is 43.4 Å². The van der Waals surface area contributed by atoms with Crippen molar-refractivity contribution in [3.8, 4) is 0 Å². The van der Waals surface area contributed by atoms with E-state index < -0.39 is 0 Å². The average molecular weight is 260 g/mol.